The molecule has 0 bridgehead atoms. The molecule has 1 amide bonds. The molecule has 33 heavy (non-hydrogen) atoms. The second kappa shape index (κ2) is 9.68. The van der Waals surface area contributed by atoms with Crippen molar-refractivity contribution >= 4 is 42.4 Å². The molecule has 0 aliphatic rings. The first kappa shape index (κ1) is 22.9. The molecule has 4 aromatic rings. The van der Waals surface area contributed by atoms with Crippen LogP contribution in [0.4, 0.5) is 5.13 Å². The number of methoxy groups -OCH3 is 1. The smallest absolute Gasteiger partial charge is 0.233 e. The van der Waals surface area contributed by atoms with Crippen LogP contribution in [0.25, 0.3) is 10.2 Å². The van der Waals surface area contributed by atoms with Gasteiger partial charge in [0.05, 0.1) is 46.6 Å². The highest BCUT2D eigenvalue weighted by Crippen LogP contribution is 2.32. The van der Waals surface area contributed by atoms with Gasteiger partial charge >= 0.3 is 0 Å². The Morgan fingerprint density at radius 3 is 2.55 bits per heavy atom. The lowest BCUT2D eigenvalue weighted by Crippen LogP contribution is -2.32. The molecular formula is C24H23N3O4S2. The zero-order valence-corrected chi connectivity index (χ0v) is 19.9. The van der Waals surface area contributed by atoms with E-state index in [-0.39, 0.29) is 29.5 Å². The quantitative estimate of drug-likeness (QED) is 0.373. The minimum atomic E-state index is -3.29. The number of benzene rings is 2. The lowest BCUT2D eigenvalue weighted by Gasteiger charge is -2.19. The van der Waals surface area contributed by atoms with Gasteiger partial charge in [0.1, 0.15) is 5.75 Å². The van der Waals surface area contributed by atoms with Crippen molar-refractivity contribution < 1.29 is 17.9 Å². The summed E-state index contributed by atoms with van der Waals surface area (Å²) >= 11 is 1.41. The van der Waals surface area contributed by atoms with Gasteiger partial charge in [-0.1, -0.05) is 36.5 Å². The molecular weight excluding hydrogens is 458 g/mol. The molecule has 0 spiro atoms. The summed E-state index contributed by atoms with van der Waals surface area (Å²) in [7, 11) is -1.68. The van der Waals surface area contributed by atoms with Crippen molar-refractivity contribution in [2.75, 3.05) is 17.8 Å². The summed E-state index contributed by atoms with van der Waals surface area (Å²) in [5, 5.41) is 0.569. The van der Waals surface area contributed by atoms with Gasteiger partial charge in [-0.05, 0) is 48.0 Å². The highest BCUT2D eigenvalue weighted by molar-refractivity contribution is 7.91. The van der Waals surface area contributed by atoms with E-state index in [4.69, 9.17) is 4.74 Å². The molecule has 0 aliphatic heterocycles. The molecule has 0 fully saturated rings. The minimum absolute atomic E-state index is 0.0333. The summed E-state index contributed by atoms with van der Waals surface area (Å²) in [6.45, 7) is 1.88. The monoisotopic (exact) mass is 481 g/mol. The van der Waals surface area contributed by atoms with Gasteiger partial charge in [-0.15, -0.1) is 0 Å². The Kier molecular flexibility index (Phi) is 6.71. The third kappa shape index (κ3) is 5.20. The number of pyridine rings is 1. The van der Waals surface area contributed by atoms with E-state index in [1.54, 1.807) is 49.4 Å². The highest BCUT2D eigenvalue weighted by Gasteiger charge is 2.22. The molecule has 4 rings (SSSR count). The van der Waals surface area contributed by atoms with Crippen molar-refractivity contribution in [3.8, 4) is 5.75 Å². The zero-order valence-electron chi connectivity index (χ0n) is 18.3. The maximum absolute atomic E-state index is 13.4. The van der Waals surface area contributed by atoms with Crippen LogP contribution in [-0.4, -0.2) is 37.2 Å². The Hall–Kier alpha value is -3.30. The molecule has 0 radical (unpaired) electrons. The topological polar surface area (TPSA) is 89.5 Å². The molecule has 2 aromatic heterocycles. The maximum Gasteiger partial charge on any atom is 0.233 e. The summed E-state index contributed by atoms with van der Waals surface area (Å²) in [5.74, 6) is 0.603. The highest BCUT2D eigenvalue weighted by atomic mass is 32.2. The van der Waals surface area contributed by atoms with E-state index in [1.165, 1.54) is 11.3 Å². The predicted molar refractivity (Wildman–Crippen MR) is 129 cm³/mol. The van der Waals surface area contributed by atoms with Gasteiger partial charge in [-0.3, -0.25) is 14.7 Å². The van der Waals surface area contributed by atoms with E-state index in [9.17, 15) is 13.2 Å². The molecule has 0 unspecified atom stereocenters. The number of fused-ring (bicyclic) bond motifs is 1. The number of thiazole rings is 1. The fourth-order valence-electron chi connectivity index (χ4n) is 3.30. The number of sulfone groups is 1. The third-order valence-electron chi connectivity index (χ3n) is 5.18. The fraction of sp³-hybridized carbons (Fsp3) is 0.208. The average Bonchev–Trinajstić information content (AvgIpc) is 3.26. The molecule has 0 atom stereocenters. The first-order chi connectivity index (χ1) is 15.9. The van der Waals surface area contributed by atoms with Crippen molar-refractivity contribution in [2.24, 2.45) is 0 Å². The average molecular weight is 482 g/mol. The van der Waals surface area contributed by atoms with Crippen molar-refractivity contribution in [2.45, 2.75) is 24.8 Å². The largest absolute Gasteiger partial charge is 0.497 e. The Balaban J connectivity index is 1.64. The van der Waals surface area contributed by atoms with E-state index in [0.717, 1.165) is 27.2 Å². The molecule has 2 aromatic carbocycles. The van der Waals surface area contributed by atoms with Crippen LogP contribution in [0.2, 0.25) is 0 Å². The first-order valence-electron chi connectivity index (χ1n) is 10.4. The first-order valence-corrected chi connectivity index (χ1v) is 12.8. The molecule has 170 valence electrons. The summed E-state index contributed by atoms with van der Waals surface area (Å²) in [6, 6.07) is 17.6. The summed E-state index contributed by atoms with van der Waals surface area (Å²) in [4.78, 5) is 24.3. The number of carbonyl (C=O) groups is 1. The number of nitrogens with zero attached hydrogens (tertiary/aromatic N) is 3. The van der Waals surface area contributed by atoms with Crippen LogP contribution < -0.4 is 9.64 Å². The molecule has 9 heteroatoms. The van der Waals surface area contributed by atoms with Gasteiger partial charge in [0.15, 0.2) is 15.0 Å². The molecule has 0 saturated carbocycles. The van der Waals surface area contributed by atoms with E-state index in [2.05, 4.69) is 9.97 Å². The van der Waals surface area contributed by atoms with Crippen LogP contribution in [-0.2, 0) is 27.6 Å². The minimum Gasteiger partial charge on any atom is -0.497 e. The summed E-state index contributed by atoms with van der Waals surface area (Å²) in [5.41, 5.74) is 2.25. The number of hydrogen-bond donors (Lipinski definition) is 0. The second-order valence-electron chi connectivity index (χ2n) is 7.36. The number of anilines is 1. The van der Waals surface area contributed by atoms with Crippen LogP contribution in [0.15, 0.2) is 71.8 Å². The lowest BCUT2D eigenvalue weighted by atomic mass is 10.1. The molecule has 7 nitrogen and oxygen atoms in total. The van der Waals surface area contributed by atoms with Crippen LogP contribution in [0, 0.1) is 0 Å². The van der Waals surface area contributed by atoms with E-state index >= 15 is 0 Å². The number of ether oxygens (including phenoxy) is 1. The zero-order chi connectivity index (χ0) is 23.4. The lowest BCUT2D eigenvalue weighted by molar-refractivity contribution is -0.118. The van der Waals surface area contributed by atoms with Crippen LogP contribution in [0.1, 0.15) is 18.2 Å². The van der Waals surface area contributed by atoms with E-state index < -0.39 is 9.84 Å². The normalized spacial score (nSPS) is 11.5. The molecule has 0 N–H and O–H groups in total. The number of rotatable bonds is 8. The number of carbonyl (C=O) groups excluding carboxylic acids is 1. The van der Waals surface area contributed by atoms with Gasteiger partial charge in [-0.2, -0.15) is 0 Å². The van der Waals surface area contributed by atoms with Gasteiger partial charge in [0, 0.05) is 6.20 Å². The second-order valence-corrected chi connectivity index (χ2v) is 10.6. The molecule has 0 saturated heterocycles. The number of hydrogen-bond acceptors (Lipinski definition) is 7. The van der Waals surface area contributed by atoms with E-state index in [1.807, 2.05) is 36.4 Å². The van der Waals surface area contributed by atoms with Crippen LogP contribution in [0.3, 0.4) is 0 Å². The number of amides is 1. The van der Waals surface area contributed by atoms with E-state index in [0.29, 0.717) is 5.13 Å². The number of aromatic nitrogens is 2. The van der Waals surface area contributed by atoms with Gasteiger partial charge in [0.2, 0.25) is 5.91 Å². The van der Waals surface area contributed by atoms with Crippen molar-refractivity contribution in [3.63, 3.8) is 0 Å². The van der Waals surface area contributed by atoms with Crippen molar-refractivity contribution in [3.05, 3.63) is 78.1 Å². The molecule has 2 heterocycles. The Labute approximate surface area is 196 Å². The van der Waals surface area contributed by atoms with Crippen molar-refractivity contribution in [1.82, 2.24) is 9.97 Å². The molecule has 0 aliphatic carbocycles. The Morgan fingerprint density at radius 2 is 1.88 bits per heavy atom. The predicted octanol–water partition coefficient (Wildman–Crippen LogP) is 4.27. The third-order valence-corrected chi connectivity index (χ3v) is 7.97. The Bertz CT molecular complexity index is 1370. The summed E-state index contributed by atoms with van der Waals surface area (Å²) < 4.78 is 30.3. The SMILES string of the molecule is CCS(=O)(=O)c1ccc(CC(=O)N(Cc2ccccn2)c2nc3ccc(OC)cc3s2)cc1. The van der Waals surface area contributed by atoms with Crippen LogP contribution >= 0.6 is 11.3 Å². The summed E-state index contributed by atoms with van der Waals surface area (Å²) in [6.07, 6.45) is 1.80. The van der Waals surface area contributed by atoms with Crippen LogP contribution in [0.5, 0.6) is 5.75 Å². The van der Waals surface area contributed by atoms with Gasteiger partial charge in [0.25, 0.3) is 0 Å². The fourth-order valence-corrected chi connectivity index (χ4v) is 5.20. The van der Waals surface area contributed by atoms with Crippen molar-refractivity contribution in [1.29, 1.82) is 0 Å². The maximum atomic E-state index is 13.4. The standard InChI is InChI=1S/C24H23N3O4S2/c1-3-33(29,30)20-10-7-17(8-11-20)14-23(28)27(16-18-6-4-5-13-25-18)24-26-21-12-9-19(31-2)15-22(21)32-24/h4-13,15H,3,14,16H2,1-2H3. The van der Waals surface area contributed by atoms with Gasteiger partial charge < -0.3 is 4.74 Å². The Morgan fingerprint density at radius 1 is 1.09 bits per heavy atom. The van der Waals surface area contributed by atoms with Gasteiger partial charge in [-0.25, -0.2) is 13.4 Å².